The Kier molecular flexibility index (Phi) is 6.66. The Morgan fingerprint density at radius 3 is 2.39 bits per heavy atom. The number of hydrogen-bond acceptors (Lipinski definition) is 8. The van der Waals surface area contributed by atoms with Crippen molar-refractivity contribution in [2.45, 2.75) is 20.3 Å². The van der Waals surface area contributed by atoms with E-state index in [-0.39, 0.29) is 47.3 Å². The molecule has 3 aliphatic rings. The Balaban J connectivity index is 1.34. The van der Waals surface area contributed by atoms with Crippen LogP contribution in [0, 0.1) is 40.7 Å². The van der Waals surface area contributed by atoms with Crippen molar-refractivity contribution in [1.29, 1.82) is 0 Å². The lowest BCUT2D eigenvalue weighted by Crippen LogP contribution is -2.28. The molecule has 11 nitrogen and oxygen atoms in total. The van der Waals surface area contributed by atoms with Gasteiger partial charge < -0.3 is 14.8 Å². The number of hydrazone groups is 1. The summed E-state index contributed by atoms with van der Waals surface area (Å²) in [5, 5.41) is 19.5. The van der Waals surface area contributed by atoms with E-state index in [0.717, 1.165) is 17.0 Å². The Morgan fingerprint density at radius 2 is 1.79 bits per heavy atom. The van der Waals surface area contributed by atoms with E-state index in [4.69, 9.17) is 9.47 Å². The van der Waals surface area contributed by atoms with E-state index in [2.05, 4.69) is 10.4 Å². The number of fused-ring (bicyclic) bond motifs is 5. The number of nitro benzene ring substituents is 1. The van der Waals surface area contributed by atoms with Crippen LogP contribution in [0.4, 0.5) is 11.4 Å². The molecule has 0 radical (unpaired) electrons. The van der Waals surface area contributed by atoms with Crippen molar-refractivity contribution in [1.82, 2.24) is 5.01 Å². The molecule has 3 amide bonds. The largest absolute Gasteiger partial charge is 0.490 e. The Bertz CT molecular complexity index is 1340. The topological polar surface area (TPSA) is 140 Å². The number of imide groups is 1. The maximum Gasteiger partial charge on any atom is 0.315 e. The fraction of sp³-hybridized carbons (Fsp3) is 0.333. The van der Waals surface area contributed by atoms with Crippen LogP contribution in [0.25, 0.3) is 0 Å². The number of rotatable bonds is 9. The average Bonchev–Trinajstić information content (AvgIpc) is 3.57. The maximum absolute atomic E-state index is 12.9. The van der Waals surface area contributed by atoms with E-state index in [9.17, 15) is 24.5 Å². The summed E-state index contributed by atoms with van der Waals surface area (Å²) in [6, 6.07) is 9.79. The van der Waals surface area contributed by atoms with Crippen LogP contribution >= 0.6 is 0 Å². The van der Waals surface area contributed by atoms with Crippen molar-refractivity contribution in [3.8, 4) is 11.5 Å². The monoisotopic (exact) mass is 518 g/mol. The molecular weight excluding hydrogens is 492 g/mol. The molecule has 0 unspecified atom stereocenters. The molecule has 0 aromatic heterocycles. The zero-order valence-corrected chi connectivity index (χ0v) is 20.8. The number of carbonyl (C=O) groups excluding carboxylic acids is 3. The molecule has 1 heterocycles. The minimum absolute atomic E-state index is 0.0319. The molecule has 1 aliphatic heterocycles. The lowest BCUT2D eigenvalue weighted by atomic mass is 9.85. The van der Waals surface area contributed by atoms with Crippen LogP contribution in [-0.4, -0.2) is 47.1 Å². The standard InChI is InChI=1S/C27H26N4O7/c1-3-37-21-11-16(13-28-30-26(33)23-17-6-7-18(12-17)24(23)27(30)34)10-20(31(35)36)25(21)38-14-22(32)29-19-8-4-15(2)5-9-19/h4-11,13,17-18,23-24H,3,12,14H2,1-2H3,(H,29,32)/t17-,18-,23-,24+/m0/s1. The van der Waals surface area contributed by atoms with Crippen LogP contribution in [-0.2, 0) is 14.4 Å². The third kappa shape index (κ3) is 4.62. The summed E-state index contributed by atoms with van der Waals surface area (Å²) in [6.07, 6.45) is 6.00. The first-order valence-corrected chi connectivity index (χ1v) is 12.3. The molecule has 0 spiro atoms. The van der Waals surface area contributed by atoms with Gasteiger partial charge in [-0.25, -0.2) is 0 Å². The van der Waals surface area contributed by atoms with Crippen LogP contribution in [0.15, 0.2) is 53.7 Å². The number of nitrogens with zero attached hydrogens (tertiary/aromatic N) is 3. The molecule has 2 aromatic carbocycles. The van der Waals surface area contributed by atoms with Crippen molar-refractivity contribution < 1.29 is 28.8 Å². The third-order valence-corrected chi connectivity index (χ3v) is 7.01. The summed E-state index contributed by atoms with van der Waals surface area (Å²) in [5.41, 5.74) is 1.38. The summed E-state index contributed by atoms with van der Waals surface area (Å²) >= 11 is 0. The molecule has 1 saturated heterocycles. The van der Waals surface area contributed by atoms with Gasteiger partial charge in [-0.1, -0.05) is 29.8 Å². The first-order chi connectivity index (χ1) is 18.3. The van der Waals surface area contributed by atoms with E-state index in [1.165, 1.54) is 18.3 Å². The minimum atomic E-state index is -0.660. The van der Waals surface area contributed by atoms with Gasteiger partial charge in [0.05, 0.1) is 29.6 Å². The molecule has 2 aromatic rings. The van der Waals surface area contributed by atoms with Crippen molar-refractivity contribution in [3.63, 3.8) is 0 Å². The number of benzene rings is 2. The smallest absolute Gasteiger partial charge is 0.315 e. The first kappa shape index (κ1) is 25.1. The molecular formula is C27H26N4O7. The highest BCUT2D eigenvalue weighted by Crippen LogP contribution is 2.52. The summed E-state index contributed by atoms with van der Waals surface area (Å²) in [5.74, 6) is -2.09. The van der Waals surface area contributed by atoms with Crippen LogP contribution in [0.1, 0.15) is 24.5 Å². The summed E-state index contributed by atoms with van der Waals surface area (Å²) in [7, 11) is 0. The lowest BCUT2D eigenvalue weighted by molar-refractivity contribution is -0.385. The van der Waals surface area contributed by atoms with Crippen LogP contribution < -0.4 is 14.8 Å². The van der Waals surface area contributed by atoms with Gasteiger partial charge in [0.1, 0.15) is 0 Å². The zero-order chi connectivity index (χ0) is 27.0. The molecule has 196 valence electrons. The molecule has 5 rings (SSSR count). The SMILES string of the molecule is CCOc1cc(C=NN2C(=O)[C@@H]3[C@H](C2=O)[C@H]2C=C[C@H]3C2)cc([N+](=O)[O-])c1OCC(=O)Nc1ccc(C)cc1. The van der Waals surface area contributed by atoms with Crippen LogP contribution in [0.2, 0.25) is 0 Å². The fourth-order valence-electron chi connectivity index (χ4n) is 5.32. The van der Waals surface area contributed by atoms with Gasteiger partial charge in [-0.3, -0.25) is 24.5 Å². The van der Waals surface area contributed by atoms with Gasteiger partial charge in [-0.15, -0.1) is 0 Å². The lowest BCUT2D eigenvalue weighted by Gasteiger charge is -2.14. The quantitative estimate of drug-likeness (QED) is 0.176. The Labute approximate surface area is 218 Å². The van der Waals surface area contributed by atoms with Gasteiger partial charge >= 0.3 is 5.69 Å². The summed E-state index contributed by atoms with van der Waals surface area (Å²) < 4.78 is 11.1. The minimum Gasteiger partial charge on any atom is -0.490 e. The van der Waals surface area contributed by atoms with E-state index in [1.807, 2.05) is 31.2 Å². The van der Waals surface area contributed by atoms with Gasteiger partial charge in [0, 0.05) is 17.3 Å². The Morgan fingerprint density at radius 1 is 1.13 bits per heavy atom. The second kappa shape index (κ2) is 10.1. The number of anilines is 1. The number of carbonyl (C=O) groups is 3. The van der Waals surface area contributed by atoms with Crippen LogP contribution in [0.3, 0.4) is 0 Å². The highest BCUT2D eigenvalue weighted by Gasteiger charge is 2.59. The van der Waals surface area contributed by atoms with Gasteiger partial charge in [0.25, 0.3) is 17.7 Å². The Hall–Kier alpha value is -4.54. The molecule has 1 N–H and O–H groups in total. The van der Waals surface area contributed by atoms with Gasteiger partial charge in [-0.2, -0.15) is 10.1 Å². The highest BCUT2D eigenvalue weighted by molar-refractivity contribution is 6.06. The van der Waals surface area contributed by atoms with Gasteiger partial charge in [0.2, 0.25) is 5.75 Å². The maximum atomic E-state index is 12.9. The molecule has 2 aliphatic carbocycles. The summed E-state index contributed by atoms with van der Waals surface area (Å²) in [6.45, 7) is 3.30. The molecule has 4 atom stereocenters. The predicted molar refractivity (Wildman–Crippen MR) is 137 cm³/mol. The summed E-state index contributed by atoms with van der Waals surface area (Å²) in [4.78, 5) is 49.3. The average molecular weight is 519 g/mol. The number of allylic oxidation sites excluding steroid dienone is 2. The molecule has 38 heavy (non-hydrogen) atoms. The normalized spacial score (nSPS) is 23.3. The third-order valence-electron chi connectivity index (χ3n) is 7.01. The van der Waals surface area contributed by atoms with E-state index >= 15 is 0 Å². The van der Waals surface area contributed by atoms with Crippen molar-refractivity contribution in [3.05, 3.63) is 69.8 Å². The zero-order valence-electron chi connectivity index (χ0n) is 20.8. The second-order valence-electron chi connectivity index (χ2n) is 9.49. The predicted octanol–water partition coefficient (Wildman–Crippen LogP) is 3.46. The van der Waals surface area contributed by atoms with Crippen molar-refractivity contribution >= 4 is 35.3 Å². The van der Waals surface area contributed by atoms with E-state index in [0.29, 0.717) is 5.69 Å². The van der Waals surface area contributed by atoms with E-state index in [1.54, 1.807) is 19.1 Å². The van der Waals surface area contributed by atoms with Crippen molar-refractivity contribution in [2.75, 3.05) is 18.5 Å². The number of hydrogen-bond donors (Lipinski definition) is 1. The number of aryl methyl sites for hydroxylation is 1. The number of nitrogens with one attached hydrogen (secondary N) is 1. The molecule has 11 heteroatoms. The molecule has 1 saturated carbocycles. The second-order valence-corrected chi connectivity index (χ2v) is 9.49. The van der Waals surface area contributed by atoms with Crippen molar-refractivity contribution in [2.24, 2.45) is 28.8 Å². The molecule has 2 fully saturated rings. The highest BCUT2D eigenvalue weighted by atomic mass is 16.6. The number of nitro groups is 1. The number of amides is 3. The number of ether oxygens (including phenoxy) is 2. The van der Waals surface area contributed by atoms with Crippen LogP contribution in [0.5, 0.6) is 11.5 Å². The van der Waals surface area contributed by atoms with Gasteiger partial charge in [-0.05, 0) is 50.3 Å². The van der Waals surface area contributed by atoms with Gasteiger partial charge in [0.15, 0.2) is 12.4 Å². The first-order valence-electron chi connectivity index (χ1n) is 12.3. The fourth-order valence-corrected chi connectivity index (χ4v) is 5.32. The molecule has 2 bridgehead atoms. The van der Waals surface area contributed by atoms with E-state index < -0.39 is 35.0 Å².